The minimum absolute atomic E-state index is 0.137. The predicted octanol–water partition coefficient (Wildman–Crippen LogP) is 3.95. The first-order valence-corrected chi connectivity index (χ1v) is 6.42. The molecule has 0 aliphatic rings. The van der Waals surface area contributed by atoms with E-state index in [9.17, 15) is 8.78 Å². The average Bonchev–Trinajstić information content (AvgIpc) is 2.41. The molecular formula is C15H14ClF2N. The zero-order valence-electron chi connectivity index (χ0n) is 10.3. The zero-order valence-corrected chi connectivity index (χ0v) is 11.1. The van der Waals surface area contributed by atoms with Gasteiger partial charge in [-0.2, -0.15) is 0 Å². The number of hydrogen-bond donors (Lipinski definition) is 1. The van der Waals surface area contributed by atoms with Crippen molar-refractivity contribution in [1.29, 1.82) is 0 Å². The highest BCUT2D eigenvalue weighted by Gasteiger charge is 2.05. The minimum Gasteiger partial charge on any atom is -0.312 e. The van der Waals surface area contributed by atoms with Crippen molar-refractivity contribution in [1.82, 2.24) is 5.32 Å². The van der Waals surface area contributed by atoms with Crippen LogP contribution in [-0.2, 0) is 13.0 Å². The van der Waals surface area contributed by atoms with Gasteiger partial charge in [0.1, 0.15) is 11.6 Å². The molecule has 0 heterocycles. The van der Waals surface area contributed by atoms with Crippen molar-refractivity contribution >= 4 is 11.6 Å². The number of nitrogens with one attached hydrogen (secondary N) is 1. The molecule has 0 radical (unpaired) electrons. The van der Waals surface area contributed by atoms with Crippen LogP contribution in [0.15, 0.2) is 42.5 Å². The summed E-state index contributed by atoms with van der Waals surface area (Å²) in [5.41, 5.74) is 1.59. The van der Waals surface area contributed by atoms with Crippen LogP contribution in [0.1, 0.15) is 11.1 Å². The third kappa shape index (κ3) is 4.01. The van der Waals surface area contributed by atoms with Gasteiger partial charge in [0.2, 0.25) is 0 Å². The summed E-state index contributed by atoms with van der Waals surface area (Å²) in [7, 11) is 0. The third-order valence-corrected chi connectivity index (χ3v) is 3.14. The summed E-state index contributed by atoms with van der Waals surface area (Å²) in [6.07, 6.45) is 0.766. The van der Waals surface area contributed by atoms with Crippen molar-refractivity contribution in [3.8, 4) is 0 Å². The Bertz CT molecular complexity index is 540. The van der Waals surface area contributed by atoms with Crippen molar-refractivity contribution < 1.29 is 8.78 Å². The van der Waals surface area contributed by atoms with Crippen molar-refractivity contribution in [3.63, 3.8) is 0 Å². The van der Waals surface area contributed by atoms with E-state index in [2.05, 4.69) is 5.32 Å². The van der Waals surface area contributed by atoms with E-state index in [4.69, 9.17) is 11.6 Å². The Kier molecular flexibility index (Phi) is 4.88. The van der Waals surface area contributed by atoms with Gasteiger partial charge in [-0.1, -0.05) is 35.9 Å². The Hall–Kier alpha value is -1.45. The van der Waals surface area contributed by atoms with Crippen molar-refractivity contribution in [2.45, 2.75) is 13.0 Å². The van der Waals surface area contributed by atoms with Gasteiger partial charge in [0.15, 0.2) is 0 Å². The smallest absolute Gasteiger partial charge is 0.146 e. The molecule has 0 aromatic heterocycles. The molecule has 0 fully saturated rings. The maximum Gasteiger partial charge on any atom is 0.146 e. The molecule has 0 saturated carbocycles. The molecule has 100 valence electrons. The fourth-order valence-corrected chi connectivity index (χ4v) is 1.99. The summed E-state index contributed by atoms with van der Waals surface area (Å²) in [4.78, 5) is 0. The third-order valence-electron chi connectivity index (χ3n) is 2.85. The Morgan fingerprint density at radius 1 is 1.00 bits per heavy atom. The quantitative estimate of drug-likeness (QED) is 0.818. The molecule has 0 amide bonds. The molecule has 1 nitrogen and oxygen atoms in total. The van der Waals surface area contributed by atoms with E-state index in [1.165, 1.54) is 18.2 Å². The molecular weight excluding hydrogens is 268 g/mol. The van der Waals surface area contributed by atoms with E-state index >= 15 is 0 Å². The fraction of sp³-hybridized carbons (Fsp3) is 0.200. The highest BCUT2D eigenvalue weighted by molar-refractivity contribution is 6.30. The van der Waals surface area contributed by atoms with E-state index in [1.807, 2.05) is 0 Å². The molecule has 0 saturated heterocycles. The van der Waals surface area contributed by atoms with Gasteiger partial charge >= 0.3 is 0 Å². The summed E-state index contributed by atoms with van der Waals surface area (Å²) in [6, 6.07) is 11.3. The van der Waals surface area contributed by atoms with Crippen LogP contribution in [0.5, 0.6) is 0 Å². The van der Waals surface area contributed by atoms with Gasteiger partial charge in [-0.3, -0.25) is 0 Å². The second-order valence-electron chi connectivity index (χ2n) is 4.27. The molecule has 2 aromatic carbocycles. The maximum atomic E-state index is 13.6. The minimum atomic E-state index is -0.376. The highest BCUT2D eigenvalue weighted by atomic mass is 35.5. The fourth-order valence-electron chi connectivity index (χ4n) is 1.79. The van der Waals surface area contributed by atoms with E-state index < -0.39 is 0 Å². The van der Waals surface area contributed by atoms with Gasteiger partial charge in [-0.15, -0.1) is 0 Å². The molecule has 2 aromatic rings. The number of rotatable bonds is 5. The highest BCUT2D eigenvalue weighted by Crippen LogP contribution is 2.17. The summed E-state index contributed by atoms with van der Waals surface area (Å²) < 4.78 is 26.3. The van der Waals surface area contributed by atoms with Crippen molar-refractivity contribution in [2.75, 3.05) is 6.54 Å². The Balaban J connectivity index is 1.81. The van der Waals surface area contributed by atoms with E-state index in [0.29, 0.717) is 18.7 Å². The van der Waals surface area contributed by atoms with Gasteiger partial charge < -0.3 is 5.32 Å². The maximum absolute atomic E-state index is 13.6. The van der Waals surface area contributed by atoms with Crippen LogP contribution in [0.3, 0.4) is 0 Å². The van der Waals surface area contributed by atoms with Crippen LogP contribution < -0.4 is 5.32 Å². The molecule has 1 N–H and O–H groups in total. The summed E-state index contributed by atoms with van der Waals surface area (Å²) >= 11 is 5.70. The molecule has 19 heavy (non-hydrogen) atoms. The lowest BCUT2D eigenvalue weighted by Gasteiger charge is -2.07. The lowest BCUT2D eigenvalue weighted by Crippen LogP contribution is -2.17. The molecule has 0 aliphatic heterocycles. The van der Waals surface area contributed by atoms with Gasteiger partial charge in [-0.05, 0) is 36.7 Å². The molecule has 0 bridgehead atoms. The topological polar surface area (TPSA) is 12.0 Å². The lowest BCUT2D eigenvalue weighted by atomic mass is 10.1. The predicted molar refractivity (Wildman–Crippen MR) is 73.2 cm³/mol. The van der Waals surface area contributed by atoms with Crippen LogP contribution >= 0.6 is 11.6 Å². The largest absolute Gasteiger partial charge is 0.312 e. The van der Waals surface area contributed by atoms with Gasteiger partial charge in [-0.25, -0.2) is 8.78 Å². The number of benzene rings is 2. The van der Waals surface area contributed by atoms with E-state index in [1.54, 1.807) is 24.3 Å². The first kappa shape index (κ1) is 14.0. The Labute approximate surface area is 116 Å². The molecule has 0 aliphatic carbocycles. The zero-order chi connectivity index (χ0) is 13.7. The average molecular weight is 282 g/mol. The second kappa shape index (κ2) is 6.64. The van der Waals surface area contributed by atoms with Crippen LogP contribution in [-0.4, -0.2) is 6.54 Å². The molecule has 0 unspecified atom stereocenters. The van der Waals surface area contributed by atoms with Crippen LogP contribution in [0.2, 0.25) is 5.02 Å². The summed E-state index contributed by atoms with van der Waals surface area (Å²) in [5.74, 6) is -0.615. The molecule has 0 spiro atoms. The van der Waals surface area contributed by atoms with Crippen LogP contribution in [0.4, 0.5) is 8.78 Å². The van der Waals surface area contributed by atoms with Crippen LogP contribution in [0, 0.1) is 11.6 Å². The van der Waals surface area contributed by atoms with Gasteiger partial charge in [0.05, 0.1) is 5.02 Å². The Morgan fingerprint density at radius 2 is 1.74 bits per heavy atom. The van der Waals surface area contributed by atoms with Crippen molar-refractivity contribution in [3.05, 3.63) is 70.2 Å². The summed E-state index contributed by atoms with van der Waals surface area (Å²) in [5, 5.41) is 3.28. The normalized spacial score (nSPS) is 10.7. The van der Waals surface area contributed by atoms with E-state index in [-0.39, 0.29) is 16.7 Å². The number of hydrogen-bond acceptors (Lipinski definition) is 1. The van der Waals surface area contributed by atoms with E-state index in [0.717, 1.165) is 12.0 Å². The first-order valence-electron chi connectivity index (χ1n) is 6.05. The van der Waals surface area contributed by atoms with Crippen LogP contribution in [0.25, 0.3) is 0 Å². The first-order chi connectivity index (χ1) is 9.16. The molecule has 2 rings (SSSR count). The number of halogens is 3. The van der Waals surface area contributed by atoms with Gasteiger partial charge in [0, 0.05) is 12.1 Å². The van der Waals surface area contributed by atoms with Gasteiger partial charge in [0.25, 0.3) is 0 Å². The lowest BCUT2D eigenvalue weighted by molar-refractivity contribution is 0.588. The molecule has 4 heteroatoms. The molecule has 0 atom stereocenters. The standard InChI is InChI=1S/C15H14ClF2N/c16-14-3-1-2-12(15(14)18)10-19-9-8-11-4-6-13(17)7-5-11/h1-7,19H,8-10H2. The summed E-state index contributed by atoms with van der Waals surface area (Å²) in [6.45, 7) is 1.12. The SMILES string of the molecule is Fc1ccc(CCNCc2cccc(Cl)c2F)cc1. The Morgan fingerprint density at radius 3 is 2.47 bits per heavy atom. The monoisotopic (exact) mass is 281 g/mol. The second-order valence-corrected chi connectivity index (χ2v) is 4.67. The van der Waals surface area contributed by atoms with Crippen molar-refractivity contribution in [2.24, 2.45) is 0 Å².